The zero-order chi connectivity index (χ0) is 7.94. The van der Waals surface area contributed by atoms with Crippen LogP contribution in [0.3, 0.4) is 0 Å². The van der Waals surface area contributed by atoms with Crippen LogP contribution in [0.25, 0.3) is 0 Å². The van der Waals surface area contributed by atoms with Gasteiger partial charge in [0.25, 0.3) is 0 Å². The first kappa shape index (κ1) is 8.08. The van der Waals surface area contributed by atoms with E-state index in [0.717, 1.165) is 11.2 Å². The van der Waals surface area contributed by atoms with Crippen LogP contribution in [0.2, 0.25) is 0 Å². The van der Waals surface area contributed by atoms with Crippen molar-refractivity contribution < 1.29 is 4.79 Å². The van der Waals surface area contributed by atoms with Crippen molar-refractivity contribution >= 4 is 18.0 Å². The van der Waals surface area contributed by atoms with E-state index in [0.29, 0.717) is 0 Å². The van der Waals surface area contributed by atoms with Crippen LogP contribution >= 0.6 is 11.8 Å². The third kappa shape index (κ3) is 3.05. The second-order valence-electron chi connectivity index (χ2n) is 1.90. The van der Waals surface area contributed by atoms with Gasteiger partial charge in [-0.3, -0.25) is 4.79 Å². The van der Waals surface area contributed by atoms with Gasteiger partial charge in [-0.05, 0) is 23.6 Å². The molecule has 0 aliphatic rings. The molecule has 0 amide bonds. The molecule has 0 saturated carbocycles. The van der Waals surface area contributed by atoms with Gasteiger partial charge in [-0.1, -0.05) is 30.0 Å². The van der Waals surface area contributed by atoms with Crippen molar-refractivity contribution in [3.8, 4) is 0 Å². The molecule has 0 spiro atoms. The van der Waals surface area contributed by atoms with E-state index in [1.165, 1.54) is 17.8 Å². The molecule has 1 aromatic carbocycles. The lowest BCUT2D eigenvalue weighted by atomic mass is 10.4. The molecule has 0 N–H and O–H groups in total. The normalized spacial score (nSPS) is 10.2. The fraction of sp³-hybridized carbons (Fsp3) is 0. The molecule has 0 aliphatic heterocycles. The van der Waals surface area contributed by atoms with Crippen molar-refractivity contribution in [1.82, 2.24) is 0 Å². The molecule has 2 heteroatoms. The Kier molecular flexibility index (Phi) is 3.48. The van der Waals surface area contributed by atoms with Crippen LogP contribution in [0.1, 0.15) is 0 Å². The Balaban J connectivity index is 2.51. The van der Waals surface area contributed by atoms with Crippen molar-refractivity contribution in [1.29, 1.82) is 0 Å². The molecule has 1 aromatic rings. The maximum absolute atomic E-state index is 9.89. The zero-order valence-corrected chi connectivity index (χ0v) is 6.75. The van der Waals surface area contributed by atoms with Gasteiger partial charge in [0.1, 0.15) is 6.29 Å². The van der Waals surface area contributed by atoms with Crippen molar-refractivity contribution in [3.05, 3.63) is 41.8 Å². The molecule has 1 nitrogen and oxygen atoms in total. The van der Waals surface area contributed by atoms with Crippen LogP contribution in [0.4, 0.5) is 0 Å². The smallest absolute Gasteiger partial charge is 0.143 e. The standard InChI is InChI=1S/C9H8OS/c10-7-4-8-11-9-5-2-1-3-6-9/h1-8H/b8-4-. The number of thioether (sulfide) groups is 1. The van der Waals surface area contributed by atoms with Crippen LogP contribution in [0, 0.1) is 0 Å². The van der Waals surface area contributed by atoms with Gasteiger partial charge in [0.15, 0.2) is 0 Å². The molecule has 0 aromatic heterocycles. The summed E-state index contributed by atoms with van der Waals surface area (Å²) in [5, 5.41) is 1.77. The van der Waals surface area contributed by atoms with Gasteiger partial charge >= 0.3 is 0 Å². The SMILES string of the molecule is O=C/C=C\Sc1ccccc1. The van der Waals surface area contributed by atoms with Crippen LogP contribution < -0.4 is 0 Å². The number of benzene rings is 1. The predicted molar refractivity (Wildman–Crippen MR) is 47.5 cm³/mol. The number of hydrogen-bond acceptors (Lipinski definition) is 2. The molecule has 0 atom stereocenters. The largest absolute Gasteiger partial charge is 0.299 e. The van der Waals surface area contributed by atoms with E-state index in [4.69, 9.17) is 0 Å². The van der Waals surface area contributed by atoms with Crippen LogP contribution in [-0.2, 0) is 4.79 Å². The minimum absolute atomic E-state index is 0.774. The van der Waals surface area contributed by atoms with Crippen LogP contribution in [-0.4, -0.2) is 6.29 Å². The fourth-order valence-electron chi connectivity index (χ4n) is 0.649. The van der Waals surface area contributed by atoms with E-state index in [9.17, 15) is 4.79 Å². The third-order valence-corrected chi connectivity index (χ3v) is 1.94. The highest BCUT2D eigenvalue weighted by atomic mass is 32.2. The Morgan fingerprint density at radius 3 is 2.55 bits per heavy atom. The summed E-state index contributed by atoms with van der Waals surface area (Å²) in [4.78, 5) is 11.0. The van der Waals surface area contributed by atoms with Gasteiger partial charge in [-0.2, -0.15) is 0 Å². The van der Waals surface area contributed by atoms with E-state index >= 15 is 0 Å². The van der Waals surface area contributed by atoms with E-state index in [-0.39, 0.29) is 0 Å². The highest BCUT2D eigenvalue weighted by Gasteiger charge is 1.84. The molecule has 11 heavy (non-hydrogen) atoms. The van der Waals surface area contributed by atoms with Crippen molar-refractivity contribution in [2.45, 2.75) is 4.90 Å². The third-order valence-electron chi connectivity index (χ3n) is 1.10. The number of carbonyl (C=O) groups excluding carboxylic acids is 1. The molecule has 1 rings (SSSR count). The highest BCUT2D eigenvalue weighted by Crippen LogP contribution is 2.17. The first-order chi connectivity index (χ1) is 5.43. The second-order valence-corrected chi connectivity index (χ2v) is 2.87. The molecule has 0 bridgehead atoms. The van der Waals surface area contributed by atoms with E-state index in [1.807, 2.05) is 30.3 Å². The van der Waals surface area contributed by atoms with Crippen molar-refractivity contribution in [3.63, 3.8) is 0 Å². The number of rotatable bonds is 3. The Hall–Kier alpha value is -1.02. The second kappa shape index (κ2) is 4.74. The molecule has 0 unspecified atom stereocenters. The van der Waals surface area contributed by atoms with E-state index in [2.05, 4.69) is 0 Å². The predicted octanol–water partition coefficient (Wildman–Crippen LogP) is 2.49. The molecule has 0 fully saturated rings. The number of aldehydes is 1. The van der Waals surface area contributed by atoms with Crippen molar-refractivity contribution in [2.75, 3.05) is 0 Å². The number of allylic oxidation sites excluding steroid dienone is 1. The summed E-state index contributed by atoms with van der Waals surface area (Å²) in [5.74, 6) is 0. The topological polar surface area (TPSA) is 17.1 Å². The summed E-state index contributed by atoms with van der Waals surface area (Å²) in [6, 6.07) is 9.90. The first-order valence-electron chi connectivity index (χ1n) is 3.25. The Morgan fingerprint density at radius 2 is 1.91 bits per heavy atom. The highest BCUT2D eigenvalue weighted by molar-refractivity contribution is 8.02. The fourth-order valence-corrected chi connectivity index (χ4v) is 1.26. The summed E-state index contributed by atoms with van der Waals surface area (Å²) in [7, 11) is 0. The number of carbonyl (C=O) groups is 1. The molecule has 0 radical (unpaired) electrons. The Morgan fingerprint density at radius 1 is 1.18 bits per heavy atom. The summed E-state index contributed by atoms with van der Waals surface area (Å²) in [6.07, 6.45) is 2.26. The minimum Gasteiger partial charge on any atom is -0.299 e. The van der Waals surface area contributed by atoms with Gasteiger partial charge < -0.3 is 0 Å². The maximum Gasteiger partial charge on any atom is 0.143 e. The lowest BCUT2D eigenvalue weighted by Gasteiger charge is -1.91. The average molecular weight is 164 g/mol. The zero-order valence-electron chi connectivity index (χ0n) is 5.94. The van der Waals surface area contributed by atoms with Gasteiger partial charge in [0.2, 0.25) is 0 Å². The molecule has 0 saturated heterocycles. The molecule has 0 heterocycles. The maximum atomic E-state index is 9.89. The van der Waals surface area contributed by atoms with Gasteiger partial charge in [-0.15, -0.1) is 0 Å². The van der Waals surface area contributed by atoms with Crippen molar-refractivity contribution in [2.24, 2.45) is 0 Å². The summed E-state index contributed by atoms with van der Waals surface area (Å²) < 4.78 is 0. The Bertz CT molecular complexity index is 241. The van der Waals surface area contributed by atoms with Gasteiger partial charge in [-0.25, -0.2) is 0 Å². The lowest BCUT2D eigenvalue weighted by Crippen LogP contribution is -1.64. The first-order valence-corrected chi connectivity index (χ1v) is 4.13. The van der Waals surface area contributed by atoms with E-state index in [1.54, 1.807) is 5.41 Å². The van der Waals surface area contributed by atoms with Gasteiger partial charge in [0, 0.05) is 4.90 Å². The van der Waals surface area contributed by atoms with Gasteiger partial charge in [0.05, 0.1) is 0 Å². The molecule has 56 valence electrons. The molecular formula is C9H8OS. The number of hydrogen-bond donors (Lipinski definition) is 0. The lowest BCUT2D eigenvalue weighted by molar-refractivity contribution is -0.104. The van der Waals surface area contributed by atoms with Crippen LogP contribution in [0.5, 0.6) is 0 Å². The summed E-state index contributed by atoms with van der Waals surface area (Å²) >= 11 is 1.53. The van der Waals surface area contributed by atoms with E-state index < -0.39 is 0 Å². The summed E-state index contributed by atoms with van der Waals surface area (Å²) in [5.41, 5.74) is 0. The minimum atomic E-state index is 0.774. The van der Waals surface area contributed by atoms with Crippen LogP contribution in [0.15, 0.2) is 46.7 Å². The quantitative estimate of drug-likeness (QED) is 0.388. The molecular weight excluding hydrogens is 156 g/mol. The monoisotopic (exact) mass is 164 g/mol. The summed E-state index contributed by atoms with van der Waals surface area (Å²) in [6.45, 7) is 0. The average Bonchev–Trinajstić information content (AvgIpc) is 2.07. The molecule has 0 aliphatic carbocycles. The Labute approximate surface area is 70.1 Å².